The molecule has 1 aromatic heterocycles. The van der Waals surface area contributed by atoms with Crippen molar-refractivity contribution in [2.45, 2.75) is 45.9 Å². The zero-order valence-corrected chi connectivity index (χ0v) is 23.0. The molecule has 0 aliphatic heterocycles. The van der Waals surface area contributed by atoms with Crippen molar-refractivity contribution < 1.29 is 19.4 Å². The molecule has 206 valence electrons. The Labute approximate surface area is 234 Å². The van der Waals surface area contributed by atoms with Crippen molar-refractivity contribution in [3.05, 3.63) is 95.2 Å². The van der Waals surface area contributed by atoms with Crippen LogP contribution in [0, 0.1) is 18.8 Å². The minimum atomic E-state index is -1.13. The molecule has 2 unspecified atom stereocenters. The van der Waals surface area contributed by atoms with E-state index in [0.29, 0.717) is 17.0 Å². The van der Waals surface area contributed by atoms with E-state index in [2.05, 4.69) is 32.8 Å². The van der Waals surface area contributed by atoms with E-state index < -0.39 is 12.1 Å². The van der Waals surface area contributed by atoms with Crippen LogP contribution in [-0.4, -0.2) is 40.9 Å². The molecule has 0 radical (unpaired) electrons. The number of H-pyrrole nitrogens is 1. The average Bonchev–Trinajstić information content (AvgIpc) is 3.36. The van der Waals surface area contributed by atoms with Gasteiger partial charge in [0.05, 0.1) is 18.2 Å². The Kier molecular flexibility index (Phi) is 9.10. The quantitative estimate of drug-likeness (QED) is 0.155. The smallest absolute Gasteiger partial charge is 0.319 e. The number of aliphatic hydroxyl groups is 1. The van der Waals surface area contributed by atoms with Gasteiger partial charge >= 0.3 is 6.03 Å². The fourth-order valence-corrected chi connectivity index (χ4v) is 4.20. The summed E-state index contributed by atoms with van der Waals surface area (Å²) in [5.74, 6) is 5.42. The predicted molar refractivity (Wildman–Crippen MR) is 157 cm³/mol. The maximum Gasteiger partial charge on any atom is 0.319 e. The highest BCUT2D eigenvalue weighted by Gasteiger charge is 2.23. The number of anilines is 1. The molecular formula is C32H34N4O4. The summed E-state index contributed by atoms with van der Waals surface area (Å²) in [6, 6.07) is 20.0. The predicted octanol–water partition coefficient (Wildman–Crippen LogP) is 5.29. The van der Waals surface area contributed by atoms with Crippen LogP contribution in [0.3, 0.4) is 0 Å². The van der Waals surface area contributed by atoms with Gasteiger partial charge in [0.1, 0.15) is 12.0 Å². The number of urea groups is 1. The number of amides is 3. The van der Waals surface area contributed by atoms with Gasteiger partial charge in [-0.1, -0.05) is 54.7 Å². The number of ether oxygens (including phenoxy) is 1. The number of para-hydroxylation sites is 1. The molecule has 0 fully saturated rings. The monoisotopic (exact) mass is 538 g/mol. The molecule has 3 amide bonds. The normalized spacial score (nSPS) is 12.2. The highest BCUT2D eigenvalue weighted by Crippen LogP contribution is 2.28. The molecule has 40 heavy (non-hydrogen) atoms. The second-order valence-electron chi connectivity index (χ2n) is 9.85. The number of fused-ring (bicyclic) bond motifs is 1. The lowest BCUT2D eigenvalue weighted by molar-refractivity contribution is 0.0723. The summed E-state index contributed by atoms with van der Waals surface area (Å²) >= 11 is 0. The van der Waals surface area contributed by atoms with E-state index in [9.17, 15) is 14.7 Å². The minimum Gasteiger partial charge on any atom is -0.490 e. The maximum atomic E-state index is 13.3. The molecule has 4 aromatic rings. The number of aliphatic hydroxyl groups excluding tert-OH is 1. The number of nitrogens with one attached hydrogen (secondary N) is 4. The molecule has 0 saturated heterocycles. The summed E-state index contributed by atoms with van der Waals surface area (Å²) in [5.41, 5.74) is 4.49. The molecule has 1 heterocycles. The first kappa shape index (κ1) is 28.3. The number of aromatic amines is 1. The summed E-state index contributed by atoms with van der Waals surface area (Å²) in [6.07, 6.45) is 0.558. The first-order valence-electron chi connectivity index (χ1n) is 13.2. The fraction of sp³-hybridized carbons (Fsp3) is 0.250. The number of hydrogen-bond acceptors (Lipinski definition) is 4. The summed E-state index contributed by atoms with van der Waals surface area (Å²) in [6.45, 7) is 7.69. The topological polar surface area (TPSA) is 115 Å². The van der Waals surface area contributed by atoms with E-state index >= 15 is 0 Å². The Morgan fingerprint density at radius 2 is 1.77 bits per heavy atom. The Bertz CT molecular complexity index is 1550. The fourth-order valence-electron chi connectivity index (χ4n) is 4.20. The Morgan fingerprint density at radius 3 is 2.52 bits per heavy atom. The Balaban J connectivity index is 1.43. The molecule has 0 aliphatic carbocycles. The SMILES string of the molecule is Cc1ccc(NC(=O)NCC#Cc2ccc(OC(C)C)c(C(=O)NC(O)C(C)c3c[nH]c4ccccc34)c2)cc1. The molecule has 0 bridgehead atoms. The molecule has 4 rings (SSSR count). The second-order valence-corrected chi connectivity index (χ2v) is 9.85. The van der Waals surface area contributed by atoms with Crippen LogP contribution in [0.25, 0.3) is 10.9 Å². The Morgan fingerprint density at radius 1 is 1.02 bits per heavy atom. The lowest BCUT2D eigenvalue weighted by Crippen LogP contribution is -2.38. The first-order valence-corrected chi connectivity index (χ1v) is 13.2. The third kappa shape index (κ3) is 7.22. The van der Waals surface area contributed by atoms with E-state index in [1.54, 1.807) is 18.2 Å². The van der Waals surface area contributed by atoms with Gasteiger partial charge in [0.2, 0.25) is 0 Å². The van der Waals surface area contributed by atoms with Crippen molar-refractivity contribution in [2.24, 2.45) is 0 Å². The van der Waals surface area contributed by atoms with Gasteiger partial charge in [-0.3, -0.25) is 4.79 Å². The van der Waals surface area contributed by atoms with Gasteiger partial charge in [-0.05, 0) is 62.7 Å². The van der Waals surface area contributed by atoms with Crippen LogP contribution in [0.15, 0.2) is 72.9 Å². The molecule has 2 atom stereocenters. The third-order valence-corrected chi connectivity index (χ3v) is 6.33. The lowest BCUT2D eigenvalue weighted by Gasteiger charge is -2.21. The van der Waals surface area contributed by atoms with Crippen molar-refractivity contribution in [3.63, 3.8) is 0 Å². The number of rotatable bonds is 8. The summed E-state index contributed by atoms with van der Waals surface area (Å²) in [5, 5.41) is 20.0. The van der Waals surface area contributed by atoms with E-state index in [1.807, 2.05) is 82.4 Å². The van der Waals surface area contributed by atoms with Gasteiger partial charge < -0.3 is 30.8 Å². The molecule has 0 saturated carbocycles. The van der Waals surface area contributed by atoms with Gasteiger partial charge in [0, 0.05) is 34.3 Å². The number of carbonyl (C=O) groups is 2. The van der Waals surface area contributed by atoms with Gasteiger partial charge in [-0.25, -0.2) is 4.79 Å². The third-order valence-electron chi connectivity index (χ3n) is 6.33. The molecule has 3 aromatic carbocycles. The van der Waals surface area contributed by atoms with Crippen LogP contribution in [0.1, 0.15) is 53.7 Å². The van der Waals surface area contributed by atoms with Crippen LogP contribution < -0.4 is 20.7 Å². The van der Waals surface area contributed by atoms with Crippen LogP contribution >= 0.6 is 0 Å². The van der Waals surface area contributed by atoms with Gasteiger partial charge in [0.15, 0.2) is 0 Å². The van der Waals surface area contributed by atoms with E-state index in [1.165, 1.54) is 0 Å². The van der Waals surface area contributed by atoms with Crippen LogP contribution in [0.4, 0.5) is 10.5 Å². The van der Waals surface area contributed by atoms with Crippen molar-refractivity contribution in [3.8, 4) is 17.6 Å². The number of benzene rings is 3. The standard InChI is InChI=1S/C32H34N4O4/c1-20(2)40-29-16-13-23(8-7-17-33-32(39)35-24-14-11-21(3)12-15-24)18-26(29)31(38)36-30(37)22(4)27-19-34-28-10-6-5-9-25(27)28/h5-6,9-16,18-20,22,30,34,37H,17H2,1-4H3,(H,36,38)(H2,33,35,39). The van der Waals surface area contributed by atoms with Crippen LogP contribution in [0.5, 0.6) is 5.75 Å². The van der Waals surface area contributed by atoms with Crippen molar-refractivity contribution in [1.29, 1.82) is 0 Å². The van der Waals surface area contributed by atoms with E-state index in [-0.39, 0.29) is 30.2 Å². The second kappa shape index (κ2) is 12.9. The zero-order chi connectivity index (χ0) is 28.6. The minimum absolute atomic E-state index is 0.115. The maximum absolute atomic E-state index is 13.3. The summed E-state index contributed by atoms with van der Waals surface area (Å²) in [7, 11) is 0. The van der Waals surface area contributed by atoms with E-state index in [0.717, 1.165) is 22.0 Å². The van der Waals surface area contributed by atoms with Crippen molar-refractivity contribution in [1.82, 2.24) is 15.6 Å². The average molecular weight is 539 g/mol. The van der Waals surface area contributed by atoms with Crippen LogP contribution in [-0.2, 0) is 0 Å². The highest BCUT2D eigenvalue weighted by atomic mass is 16.5. The van der Waals surface area contributed by atoms with Gasteiger partial charge in [-0.2, -0.15) is 0 Å². The summed E-state index contributed by atoms with van der Waals surface area (Å²) in [4.78, 5) is 28.6. The molecule has 0 spiro atoms. The highest BCUT2D eigenvalue weighted by molar-refractivity contribution is 5.97. The molecule has 5 N–H and O–H groups in total. The molecule has 8 heteroatoms. The van der Waals surface area contributed by atoms with Crippen molar-refractivity contribution in [2.75, 3.05) is 11.9 Å². The van der Waals surface area contributed by atoms with Crippen molar-refractivity contribution >= 4 is 28.5 Å². The Hall–Kier alpha value is -4.74. The number of aryl methyl sites for hydroxylation is 1. The van der Waals surface area contributed by atoms with Gasteiger partial charge in [-0.15, -0.1) is 0 Å². The van der Waals surface area contributed by atoms with Crippen LogP contribution in [0.2, 0.25) is 0 Å². The molecule has 8 nitrogen and oxygen atoms in total. The van der Waals surface area contributed by atoms with Gasteiger partial charge in [0.25, 0.3) is 5.91 Å². The number of aromatic nitrogens is 1. The lowest BCUT2D eigenvalue weighted by atomic mass is 9.98. The molecular weight excluding hydrogens is 504 g/mol. The van der Waals surface area contributed by atoms with E-state index in [4.69, 9.17) is 4.74 Å². The number of carbonyl (C=O) groups excluding carboxylic acids is 2. The summed E-state index contributed by atoms with van der Waals surface area (Å²) < 4.78 is 5.85. The largest absolute Gasteiger partial charge is 0.490 e. The zero-order valence-electron chi connectivity index (χ0n) is 23.0. The first-order chi connectivity index (χ1) is 19.2. The molecule has 0 aliphatic rings. The number of hydrogen-bond donors (Lipinski definition) is 5.